The highest BCUT2D eigenvalue weighted by atomic mass is 33.1. The topological polar surface area (TPSA) is 95.5 Å². The number of nitrogens with one attached hydrogen (secondary N) is 2. The van der Waals surface area contributed by atoms with Crippen molar-refractivity contribution in [2.75, 3.05) is 17.3 Å². The number of aryl methyl sites for hydroxylation is 1. The van der Waals surface area contributed by atoms with Crippen LogP contribution in [0.3, 0.4) is 0 Å². The standard InChI is InChI=1S/C24H34N2O4S3/c27-18(4-1-2-6-22-23-21(16-31-22)25-24(30)26-23)5-3-14-32-33-15-13-20(29)12-9-17-7-10-19(28)11-8-17/h7-8,10-11,21-23,28H,1-6,9,12-16H2,(H2,25,26,30)/t21-,22-,23-/m0/s1. The van der Waals surface area contributed by atoms with Crippen LogP contribution in [0.2, 0.25) is 0 Å². The summed E-state index contributed by atoms with van der Waals surface area (Å²) < 4.78 is 0. The Kier molecular flexibility index (Phi) is 11.3. The van der Waals surface area contributed by atoms with Gasteiger partial charge in [-0.05, 0) is 43.4 Å². The minimum Gasteiger partial charge on any atom is -0.508 e. The third-order valence-corrected chi connectivity index (χ3v) is 9.99. The molecule has 2 heterocycles. The number of phenolic OH excluding ortho intramolecular Hbond substituents is 1. The minimum absolute atomic E-state index is 0.0428. The van der Waals surface area contributed by atoms with Crippen LogP contribution in [-0.4, -0.2) is 57.3 Å². The first-order valence-corrected chi connectivity index (χ1v) is 15.3. The predicted molar refractivity (Wildman–Crippen MR) is 139 cm³/mol. The molecule has 6 nitrogen and oxygen atoms in total. The Morgan fingerprint density at radius 3 is 2.48 bits per heavy atom. The number of hydrogen-bond donors (Lipinski definition) is 3. The molecular formula is C24H34N2O4S3. The Balaban J connectivity index is 1.11. The molecule has 1 aromatic rings. The number of Topliss-reactive ketones (excluding diaryl/α,β-unsaturated/α-hetero) is 2. The van der Waals surface area contributed by atoms with Gasteiger partial charge in [-0.3, -0.25) is 9.59 Å². The van der Waals surface area contributed by atoms with E-state index in [2.05, 4.69) is 10.6 Å². The van der Waals surface area contributed by atoms with Crippen LogP contribution in [0.5, 0.6) is 5.75 Å². The van der Waals surface area contributed by atoms with Crippen molar-refractivity contribution in [1.82, 2.24) is 10.6 Å². The highest BCUT2D eigenvalue weighted by molar-refractivity contribution is 8.76. The van der Waals surface area contributed by atoms with Crippen molar-refractivity contribution in [1.29, 1.82) is 0 Å². The van der Waals surface area contributed by atoms with Crippen molar-refractivity contribution >= 4 is 50.9 Å². The number of hydrogen-bond acceptors (Lipinski definition) is 7. The molecule has 0 aromatic heterocycles. The van der Waals surface area contributed by atoms with Crippen molar-refractivity contribution in [3.63, 3.8) is 0 Å². The highest BCUT2D eigenvalue weighted by Gasteiger charge is 2.42. The lowest BCUT2D eigenvalue weighted by molar-refractivity contribution is -0.119. The fraction of sp³-hybridized carbons (Fsp3) is 0.625. The first-order chi connectivity index (χ1) is 16.0. The van der Waals surface area contributed by atoms with Crippen LogP contribution >= 0.6 is 33.3 Å². The molecule has 9 heteroatoms. The summed E-state index contributed by atoms with van der Waals surface area (Å²) in [6.45, 7) is 0. The summed E-state index contributed by atoms with van der Waals surface area (Å²) in [4.78, 5) is 35.5. The van der Waals surface area contributed by atoms with Crippen molar-refractivity contribution < 1.29 is 19.5 Å². The summed E-state index contributed by atoms with van der Waals surface area (Å²) in [5.74, 6) is 3.59. The first kappa shape index (κ1) is 26.3. The normalized spacial score (nSPS) is 21.5. The van der Waals surface area contributed by atoms with E-state index in [1.54, 1.807) is 33.7 Å². The van der Waals surface area contributed by atoms with Gasteiger partial charge in [-0.2, -0.15) is 11.8 Å². The molecule has 1 aromatic carbocycles. The van der Waals surface area contributed by atoms with Gasteiger partial charge in [0.25, 0.3) is 0 Å². The Morgan fingerprint density at radius 1 is 0.939 bits per heavy atom. The second-order valence-corrected chi connectivity index (χ2v) is 12.6. The summed E-state index contributed by atoms with van der Waals surface area (Å²) in [7, 11) is 3.46. The summed E-state index contributed by atoms with van der Waals surface area (Å²) in [6.07, 6.45) is 7.05. The maximum Gasteiger partial charge on any atom is 0.315 e. The largest absolute Gasteiger partial charge is 0.508 e. The summed E-state index contributed by atoms with van der Waals surface area (Å²) in [5, 5.41) is 15.7. The number of carbonyl (C=O) groups is 3. The van der Waals surface area contributed by atoms with Crippen molar-refractivity contribution in [3.8, 4) is 5.75 Å². The zero-order valence-electron chi connectivity index (χ0n) is 18.9. The maximum atomic E-state index is 12.1. The van der Waals surface area contributed by atoms with Crippen LogP contribution < -0.4 is 10.6 Å². The average Bonchev–Trinajstić information content (AvgIpc) is 3.35. The van der Waals surface area contributed by atoms with Crippen molar-refractivity contribution in [3.05, 3.63) is 29.8 Å². The number of fused-ring (bicyclic) bond motifs is 1. The van der Waals surface area contributed by atoms with Crippen molar-refractivity contribution in [2.45, 2.75) is 75.1 Å². The lowest BCUT2D eigenvalue weighted by Crippen LogP contribution is -2.36. The van der Waals surface area contributed by atoms with E-state index in [9.17, 15) is 19.5 Å². The molecule has 182 valence electrons. The number of rotatable bonds is 16. The zero-order valence-corrected chi connectivity index (χ0v) is 21.4. The second-order valence-electron chi connectivity index (χ2n) is 8.61. The van der Waals surface area contributed by atoms with Crippen LogP contribution in [0.1, 0.15) is 56.9 Å². The number of thioether (sulfide) groups is 1. The first-order valence-electron chi connectivity index (χ1n) is 11.8. The molecule has 3 rings (SSSR count). The van der Waals surface area contributed by atoms with E-state index in [0.717, 1.165) is 48.5 Å². The quantitative estimate of drug-likeness (QED) is 0.168. The number of aromatic hydroxyl groups is 1. The molecule has 2 aliphatic rings. The molecule has 2 saturated heterocycles. The molecule has 0 unspecified atom stereocenters. The predicted octanol–water partition coefficient (Wildman–Crippen LogP) is 4.74. The van der Waals surface area contributed by atoms with Crippen LogP contribution in [0.4, 0.5) is 4.79 Å². The smallest absolute Gasteiger partial charge is 0.315 e. The maximum absolute atomic E-state index is 12.1. The average molecular weight is 511 g/mol. The number of urea groups is 1. The Hall–Kier alpha value is -1.32. The van der Waals surface area contributed by atoms with E-state index in [1.165, 1.54) is 0 Å². The van der Waals surface area contributed by atoms with Gasteiger partial charge < -0.3 is 15.7 Å². The molecule has 2 amide bonds. The van der Waals surface area contributed by atoms with E-state index in [-0.39, 0.29) is 29.6 Å². The summed E-state index contributed by atoms with van der Waals surface area (Å²) in [5.41, 5.74) is 1.07. The molecule has 2 fully saturated rings. The van der Waals surface area contributed by atoms with Gasteiger partial charge in [0.2, 0.25) is 0 Å². The number of amides is 2. The second kappa shape index (κ2) is 14.2. The van der Waals surface area contributed by atoms with E-state index in [4.69, 9.17) is 0 Å². The fourth-order valence-corrected chi connectivity index (χ4v) is 7.77. The van der Waals surface area contributed by atoms with E-state index >= 15 is 0 Å². The SMILES string of the molecule is O=C(CCCC[C@@H]1SC[C@@H]2NC(=O)N[C@@H]21)CCCSSCCC(=O)CCc1ccc(O)cc1. The minimum atomic E-state index is -0.0428. The van der Waals surface area contributed by atoms with Crippen LogP contribution in [0.15, 0.2) is 24.3 Å². The molecule has 0 saturated carbocycles. The van der Waals surface area contributed by atoms with Gasteiger partial charge in [0, 0.05) is 48.2 Å². The number of ketones is 2. The third kappa shape index (κ3) is 9.45. The lowest BCUT2D eigenvalue weighted by atomic mass is 10.0. The van der Waals surface area contributed by atoms with Crippen LogP contribution in [-0.2, 0) is 16.0 Å². The van der Waals surface area contributed by atoms with Gasteiger partial charge in [0.1, 0.15) is 17.3 Å². The number of carbonyl (C=O) groups excluding carboxylic acids is 3. The number of benzene rings is 1. The van der Waals surface area contributed by atoms with E-state index in [0.29, 0.717) is 43.1 Å². The summed E-state index contributed by atoms with van der Waals surface area (Å²) in [6, 6.07) is 7.49. The van der Waals surface area contributed by atoms with Crippen molar-refractivity contribution in [2.24, 2.45) is 0 Å². The zero-order chi connectivity index (χ0) is 23.5. The van der Waals surface area contributed by atoms with Gasteiger partial charge in [0.15, 0.2) is 0 Å². The monoisotopic (exact) mass is 510 g/mol. The highest BCUT2D eigenvalue weighted by Crippen LogP contribution is 2.33. The molecule has 0 aliphatic carbocycles. The van der Waals surface area contributed by atoms with Gasteiger partial charge in [-0.25, -0.2) is 4.79 Å². The number of phenols is 1. The van der Waals surface area contributed by atoms with Gasteiger partial charge in [0.05, 0.1) is 12.1 Å². The molecule has 3 atom stereocenters. The Labute approximate surface area is 208 Å². The lowest BCUT2D eigenvalue weighted by Gasteiger charge is -2.16. The van der Waals surface area contributed by atoms with Crippen LogP contribution in [0.25, 0.3) is 0 Å². The molecule has 33 heavy (non-hydrogen) atoms. The number of unbranched alkanes of at least 4 members (excludes halogenated alkanes) is 1. The molecule has 3 N–H and O–H groups in total. The van der Waals surface area contributed by atoms with Gasteiger partial charge >= 0.3 is 6.03 Å². The van der Waals surface area contributed by atoms with E-state index < -0.39 is 0 Å². The molecular weight excluding hydrogens is 476 g/mol. The Morgan fingerprint density at radius 2 is 1.67 bits per heavy atom. The van der Waals surface area contributed by atoms with Gasteiger partial charge in [-0.15, -0.1) is 0 Å². The van der Waals surface area contributed by atoms with Gasteiger partial charge in [-0.1, -0.05) is 40.1 Å². The molecule has 2 aliphatic heterocycles. The fourth-order valence-electron chi connectivity index (χ4n) is 4.11. The Bertz CT molecular complexity index is 790. The van der Waals surface area contributed by atoms with E-state index in [1.807, 2.05) is 23.9 Å². The van der Waals surface area contributed by atoms with Crippen LogP contribution in [0, 0.1) is 0 Å². The molecule has 0 bridgehead atoms. The summed E-state index contributed by atoms with van der Waals surface area (Å²) >= 11 is 1.93. The third-order valence-electron chi connectivity index (χ3n) is 5.99. The molecule has 0 spiro atoms. The molecule has 0 radical (unpaired) electrons.